The van der Waals surface area contributed by atoms with E-state index in [0.717, 1.165) is 44.7 Å². The third-order valence-corrected chi connectivity index (χ3v) is 5.33. The van der Waals surface area contributed by atoms with Crippen LogP contribution in [-0.2, 0) is 4.74 Å². The number of aromatic nitrogens is 2. The van der Waals surface area contributed by atoms with Gasteiger partial charge in [-0.05, 0) is 37.1 Å². The van der Waals surface area contributed by atoms with Gasteiger partial charge in [-0.25, -0.2) is 0 Å². The standard InChI is InChI=1S/C20H24N4O2/c25-19(17-4-8-21-9-5-17)24-10-2-6-20(15-24)14-23(11-12-26-16-20)18-3-1-7-22-13-18/h1,3-5,7-9,13H,2,6,10-12,14-16H2. The van der Waals surface area contributed by atoms with Crippen LogP contribution in [0.4, 0.5) is 5.69 Å². The van der Waals surface area contributed by atoms with E-state index in [-0.39, 0.29) is 11.3 Å². The van der Waals surface area contributed by atoms with E-state index in [1.54, 1.807) is 30.7 Å². The number of pyridine rings is 2. The monoisotopic (exact) mass is 352 g/mol. The number of anilines is 1. The van der Waals surface area contributed by atoms with Gasteiger partial charge in [-0.1, -0.05) is 0 Å². The zero-order valence-corrected chi connectivity index (χ0v) is 14.9. The van der Waals surface area contributed by atoms with Gasteiger partial charge in [0, 0.05) is 55.7 Å². The fourth-order valence-electron chi connectivity index (χ4n) is 4.06. The highest BCUT2D eigenvalue weighted by Gasteiger charge is 2.40. The van der Waals surface area contributed by atoms with E-state index < -0.39 is 0 Å². The van der Waals surface area contributed by atoms with E-state index in [1.165, 1.54) is 0 Å². The molecule has 6 nitrogen and oxygen atoms in total. The Bertz CT molecular complexity index is 740. The minimum absolute atomic E-state index is 0.0344. The molecule has 4 heterocycles. The lowest BCUT2D eigenvalue weighted by atomic mass is 9.79. The summed E-state index contributed by atoms with van der Waals surface area (Å²) >= 11 is 0. The van der Waals surface area contributed by atoms with Crippen molar-refractivity contribution in [2.75, 3.05) is 44.3 Å². The Morgan fingerprint density at radius 2 is 1.96 bits per heavy atom. The molecule has 26 heavy (non-hydrogen) atoms. The molecule has 0 N–H and O–H groups in total. The molecule has 136 valence electrons. The molecule has 1 spiro atoms. The molecule has 1 unspecified atom stereocenters. The SMILES string of the molecule is O=C(c1ccncc1)N1CCCC2(COCCN(c3cccnc3)C2)C1. The number of hydrogen-bond acceptors (Lipinski definition) is 5. The molecule has 0 radical (unpaired) electrons. The molecule has 2 aromatic heterocycles. The summed E-state index contributed by atoms with van der Waals surface area (Å²) in [6.07, 6.45) is 9.12. The van der Waals surface area contributed by atoms with Crippen molar-refractivity contribution in [2.45, 2.75) is 12.8 Å². The van der Waals surface area contributed by atoms with E-state index in [9.17, 15) is 4.79 Å². The highest BCUT2D eigenvalue weighted by molar-refractivity contribution is 5.94. The Hall–Kier alpha value is -2.47. The lowest BCUT2D eigenvalue weighted by Crippen LogP contribution is -2.52. The third-order valence-electron chi connectivity index (χ3n) is 5.33. The highest BCUT2D eigenvalue weighted by Crippen LogP contribution is 2.35. The molecule has 6 heteroatoms. The van der Waals surface area contributed by atoms with Gasteiger partial charge in [-0.3, -0.25) is 14.8 Å². The van der Waals surface area contributed by atoms with Crippen molar-refractivity contribution in [3.05, 3.63) is 54.6 Å². The Kier molecular flexibility index (Phi) is 4.84. The number of amides is 1. The van der Waals surface area contributed by atoms with E-state index >= 15 is 0 Å². The number of nitrogens with zero attached hydrogens (tertiary/aromatic N) is 4. The van der Waals surface area contributed by atoms with E-state index in [2.05, 4.69) is 20.9 Å². The molecule has 0 aliphatic carbocycles. The first kappa shape index (κ1) is 17.0. The maximum absolute atomic E-state index is 12.9. The van der Waals surface area contributed by atoms with Gasteiger partial charge in [0.2, 0.25) is 0 Å². The molecule has 2 aromatic rings. The third kappa shape index (κ3) is 3.55. The summed E-state index contributed by atoms with van der Waals surface area (Å²) in [5.41, 5.74) is 1.79. The molecule has 1 atom stereocenters. The van der Waals surface area contributed by atoms with Crippen LogP contribution in [0.25, 0.3) is 0 Å². The van der Waals surface area contributed by atoms with E-state index in [1.807, 2.05) is 17.2 Å². The fraction of sp³-hybridized carbons (Fsp3) is 0.450. The first-order valence-corrected chi connectivity index (χ1v) is 9.18. The number of piperidine rings is 1. The van der Waals surface area contributed by atoms with Crippen molar-refractivity contribution in [3.8, 4) is 0 Å². The summed E-state index contributed by atoms with van der Waals surface area (Å²) < 4.78 is 5.96. The molecule has 0 aromatic carbocycles. The van der Waals surface area contributed by atoms with Crippen molar-refractivity contribution in [1.82, 2.24) is 14.9 Å². The van der Waals surface area contributed by atoms with Crippen LogP contribution in [0.2, 0.25) is 0 Å². The summed E-state index contributed by atoms with van der Waals surface area (Å²) in [5, 5.41) is 0. The first-order chi connectivity index (χ1) is 12.8. The first-order valence-electron chi connectivity index (χ1n) is 9.18. The van der Waals surface area contributed by atoms with Crippen LogP contribution in [0.3, 0.4) is 0 Å². The van der Waals surface area contributed by atoms with Gasteiger partial charge >= 0.3 is 0 Å². The van der Waals surface area contributed by atoms with Crippen LogP contribution in [0.15, 0.2) is 49.1 Å². The van der Waals surface area contributed by atoms with Crippen LogP contribution in [0, 0.1) is 5.41 Å². The van der Waals surface area contributed by atoms with Crippen molar-refractivity contribution in [3.63, 3.8) is 0 Å². The normalized spacial score (nSPS) is 23.7. The molecule has 2 aliphatic heterocycles. The Balaban J connectivity index is 1.53. The summed E-state index contributed by atoms with van der Waals surface area (Å²) in [6, 6.07) is 7.63. The average Bonchev–Trinajstić information content (AvgIpc) is 2.91. The Labute approximate surface area is 153 Å². The molecule has 0 saturated carbocycles. The number of rotatable bonds is 2. The van der Waals surface area contributed by atoms with Gasteiger partial charge < -0.3 is 14.5 Å². The smallest absolute Gasteiger partial charge is 0.253 e. The fourth-order valence-corrected chi connectivity index (χ4v) is 4.06. The molecule has 2 saturated heterocycles. The van der Waals surface area contributed by atoms with Gasteiger partial charge in [0.05, 0.1) is 25.1 Å². The number of likely N-dealkylation sites (tertiary alicyclic amines) is 1. The average molecular weight is 352 g/mol. The summed E-state index contributed by atoms with van der Waals surface area (Å²) in [4.78, 5) is 25.5. The lowest BCUT2D eigenvalue weighted by molar-refractivity contribution is 0.0135. The van der Waals surface area contributed by atoms with Gasteiger partial charge in [0.15, 0.2) is 0 Å². The van der Waals surface area contributed by atoms with Crippen LogP contribution < -0.4 is 4.90 Å². The number of hydrogen-bond donors (Lipinski definition) is 0. The van der Waals surface area contributed by atoms with Gasteiger partial charge in [0.1, 0.15) is 0 Å². The summed E-state index contributed by atoms with van der Waals surface area (Å²) in [6.45, 7) is 4.67. The van der Waals surface area contributed by atoms with Crippen molar-refractivity contribution in [1.29, 1.82) is 0 Å². The Morgan fingerprint density at radius 3 is 2.77 bits per heavy atom. The minimum atomic E-state index is -0.0344. The zero-order valence-electron chi connectivity index (χ0n) is 14.9. The molecule has 2 aliphatic rings. The second-order valence-electron chi connectivity index (χ2n) is 7.25. The number of carbonyl (C=O) groups is 1. The lowest BCUT2D eigenvalue weighted by Gasteiger charge is -2.44. The van der Waals surface area contributed by atoms with E-state index in [4.69, 9.17) is 4.74 Å². The largest absolute Gasteiger partial charge is 0.379 e. The van der Waals surface area contributed by atoms with Crippen LogP contribution in [0.1, 0.15) is 23.2 Å². The second-order valence-corrected chi connectivity index (χ2v) is 7.25. The number of ether oxygens (including phenoxy) is 1. The van der Waals surface area contributed by atoms with Crippen LogP contribution >= 0.6 is 0 Å². The molecular formula is C20H24N4O2. The van der Waals surface area contributed by atoms with Gasteiger partial charge in [0.25, 0.3) is 5.91 Å². The quantitative estimate of drug-likeness (QED) is 0.830. The van der Waals surface area contributed by atoms with Crippen molar-refractivity contribution >= 4 is 11.6 Å². The molecule has 2 fully saturated rings. The maximum atomic E-state index is 12.9. The number of carbonyl (C=O) groups excluding carboxylic acids is 1. The van der Waals surface area contributed by atoms with Crippen molar-refractivity contribution < 1.29 is 9.53 Å². The summed E-state index contributed by atoms with van der Waals surface area (Å²) in [5.74, 6) is 0.0867. The van der Waals surface area contributed by atoms with Gasteiger partial charge in [-0.15, -0.1) is 0 Å². The molecule has 1 amide bonds. The molecule has 4 rings (SSSR count). The second kappa shape index (κ2) is 7.41. The van der Waals surface area contributed by atoms with Crippen LogP contribution in [0.5, 0.6) is 0 Å². The maximum Gasteiger partial charge on any atom is 0.253 e. The van der Waals surface area contributed by atoms with Gasteiger partial charge in [-0.2, -0.15) is 0 Å². The predicted octanol–water partition coefficient (Wildman–Crippen LogP) is 2.24. The topological polar surface area (TPSA) is 58.6 Å². The minimum Gasteiger partial charge on any atom is -0.379 e. The zero-order chi connectivity index (χ0) is 17.8. The predicted molar refractivity (Wildman–Crippen MR) is 99.1 cm³/mol. The summed E-state index contributed by atoms with van der Waals surface area (Å²) in [7, 11) is 0. The Morgan fingerprint density at radius 1 is 1.08 bits per heavy atom. The molecular weight excluding hydrogens is 328 g/mol. The van der Waals surface area contributed by atoms with Crippen molar-refractivity contribution in [2.24, 2.45) is 5.41 Å². The molecule has 0 bridgehead atoms. The van der Waals surface area contributed by atoms with Crippen LogP contribution in [-0.4, -0.2) is 60.2 Å². The highest BCUT2D eigenvalue weighted by atomic mass is 16.5. The van der Waals surface area contributed by atoms with E-state index in [0.29, 0.717) is 18.8 Å².